The van der Waals surface area contributed by atoms with Crippen LogP contribution in [0, 0.1) is 17.1 Å². The summed E-state index contributed by atoms with van der Waals surface area (Å²) >= 11 is 0. The lowest BCUT2D eigenvalue weighted by molar-refractivity contribution is 0.383. The Hall–Kier alpha value is -2.43. The summed E-state index contributed by atoms with van der Waals surface area (Å²) in [7, 11) is -3.60. The maximum atomic E-state index is 13.8. The Labute approximate surface area is 140 Å². The molecule has 0 saturated carbocycles. The van der Waals surface area contributed by atoms with E-state index in [1.165, 1.54) is 34.6 Å². The standard InChI is InChI=1S/C17H16FN3O2S/c18-16-3-1-2-4-17(16)20-9-11-21(12-10-20)24(22,23)15-7-5-14(13-19)6-8-15/h1-8H,9-12H2. The van der Waals surface area contributed by atoms with Crippen molar-refractivity contribution in [3.05, 3.63) is 59.9 Å². The molecule has 5 nitrogen and oxygen atoms in total. The van der Waals surface area contributed by atoms with Crippen molar-refractivity contribution in [2.75, 3.05) is 31.1 Å². The van der Waals surface area contributed by atoms with Crippen LogP contribution < -0.4 is 4.90 Å². The Balaban J connectivity index is 1.74. The first-order valence-corrected chi connectivity index (χ1v) is 8.96. The van der Waals surface area contributed by atoms with E-state index in [4.69, 9.17) is 5.26 Å². The van der Waals surface area contributed by atoms with Crippen LogP contribution in [0.25, 0.3) is 0 Å². The van der Waals surface area contributed by atoms with Gasteiger partial charge in [0.1, 0.15) is 5.82 Å². The van der Waals surface area contributed by atoms with E-state index in [0.29, 0.717) is 24.3 Å². The number of rotatable bonds is 3. The zero-order valence-corrected chi connectivity index (χ0v) is 13.7. The summed E-state index contributed by atoms with van der Waals surface area (Å²) in [6.07, 6.45) is 0. The van der Waals surface area contributed by atoms with E-state index in [-0.39, 0.29) is 23.8 Å². The van der Waals surface area contributed by atoms with Crippen molar-refractivity contribution < 1.29 is 12.8 Å². The number of sulfonamides is 1. The molecule has 0 N–H and O–H groups in total. The van der Waals surface area contributed by atoms with Crippen LogP contribution in [0.5, 0.6) is 0 Å². The molecule has 24 heavy (non-hydrogen) atoms. The van der Waals surface area contributed by atoms with E-state index in [2.05, 4.69) is 0 Å². The molecule has 7 heteroatoms. The van der Waals surface area contributed by atoms with Gasteiger partial charge in [0.05, 0.1) is 22.2 Å². The van der Waals surface area contributed by atoms with E-state index in [1.54, 1.807) is 18.2 Å². The summed E-state index contributed by atoms with van der Waals surface area (Å²) in [6, 6.07) is 14.3. The summed E-state index contributed by atoms with van der Waals surface area (Å²) in [5.41, 5.74) is 0.909. The minimum atomic E-state index is -3.60. The van der Waals surface area contributed by atoms with E-state index in [9.17, 15) is 12.8 Å². The van der Waals surface area contributed by atoms with Crippen LogP contribution in [-0.2, 0) is 10.0 Å². The highest BCUT2D eigenvalue weighted by Gasteiger charge is 2.29. The Morgan fingerprint density at radius 1 is 0.958 bits per heavy atom. The molecule has 3 rings (SSSR count). The van der Waals surface area contributed by atoms with E-state index in [1.807, 2.05) is 11.0 Å². The number of anilines is 1. The second-order valence-corrected chi connectivity index (χ2v) is 7.42. The molecule has 0 aromatic heterocycles. The maximum Gasteiger partial charge on any atom is 0.243 e. The molecule has 1 aliphatic rings. The van der Waals surface area contributed by atoms with Crippen molar-refractivity contribution in [2.24, 2.45) is 0 Å². The highest BCUT2D eigenvalue weighted by Crippen LogP contribution is 2.23. The summed E-state index contributed by atoms with van der Waals surface area (Å²) < 4.78 is 40.5. The second-order valence-electron chi connectivity index (χ2n) is 5.48. The fourth-order valence-corrected chi connectivity index (χ4v) is 4.15. The average Bonchev–Trinajstić information content (AvgIpc) is 2.62. The lowest BCUT2D eigenvalue weighted by Crippen LogP contribution is -2.48. The third-order valence-corrected chi connectivity index (χ3v) is 5.97. The van der Waals surface area contributed by atoms with E-state index in [0.717, 1.165) is 0 Å². The summed E-state index contributed by atoms with van der Waals surface area (Å²) in [5, 5.41) is 8.79. The molecule has 1 heterocycles. The van der Waals surface area contributed by atoms with Crippen molar-refractivity contribution >= 4 is 15.7 Å². The predicted molar refractivity (Wildman–Crippen MR) is 88.5 cm³/mol. The summed E-state index contributed by atoms with van der Waals surface area (Å²) in [5.74, 6) is -0.305. The smallest absolute Gasteiger partial charge is 0.243 e. The second kappa shape index (κ2) is 6.59. The van der Waals surface area contributed by atoms with Crippen molar-refractivity contribution in [2.45, 2.75) is 4.90 Å². The maximum absolute atomic E-state index is 13.8. The Morgan fingerprint density at radius 2 is 1.58 bits per heavy atom. The minimum absolute atomic E-state index is 0.167. The molecule has 0 atom stereocenters. The van der Waals surface area contributed by atoms with Gasteiger partial charge in [0.25, 0.3) is 0 Å². The highest BCUT2D eigenvalue weighted by atomic mass is 32.2. The third kappa shape index (κ3) is 3.11. The van der Waals surface area contributed by atoms with Gasteiger partial charge in [-0.2, -0.15) is 9.57 Å². The lowest BCUT2D eigenvalue weighted by Gasteiger charge is -2.35. The van der Waals surface area contributed by atoms with Gasteiger partial charge in [-0.25, -0.2) is 12.8 Å². The normalized spacial score (nSPS) is 15.9. The Morgan fingerprint density at radius 3 is 2.17 bits per heavy atom. The number of benzene rings is 2. The van der Waals surface area contributed by atoms with Crippen molar-refractivity contribution in [1.82, 2.24) is 4.31 Å². The first-order valence-electron chi connectivity index (χ1n) is 7.52. The van der Waals surface area contributed by atoms with Gasteiger partial charge in [-0.1, -0.05) is 12.1 Å². The molecule has 1 fully saturated rings. The fraction of sp³-hybridized carbons (Fsp3) is 0.235. The van der Waals surface area contributed by atoms with Gasteiger partial charge >= 0.3 is 0 Å². The van der Waals surface area contributed by atoms with Gasteiger partial charge in [0.15, 0.2) is 0 Å². The number of nitrogens with zero attached hydrogens (tertiary/aromatic N) is 3. The molecule has 0 aliphatic carbocycles. The van der Waals surface area contributed by atoms with Crippen molar-refractivity contribution in [1.29, 1.82) is 5.26 Å². The number of halogens is 1. The molecule has 0 amide bonds. The van der Waals surface area contributed by atoms with Crippen LogP contribution in [0.15, 0.2) is 53.4 Å². The molecule has 124 valence electrons. The lowest BCUT2D eigenvalue weighted by atomic mass is 10.2. The van der Waals surface area contributed by atoms with Gasteiger partial charge in [0, 0.05) is 26.2 Å². The Kier molecular flexibility index (Phi) is 4.51. The van der Waals surface area contributed by atoms with Gasteiger partial charge in [-0.3, -0.25) is 0 Å². The number of piperazine rings is 1. The average molecular weight is 345 g/mol. The van der Waals surface area contributed by atoms with Gasteiger partial charge < -0.3 is 4.90 Å². The number of hydrogen-bond acceptors (Lipinski definition) is 4. The summed E-state index contributed by atoms with van der Waals surface area (Å²) in [6.45, 7) is 1.43. The van der Waals surface area contributed by atoms with Crippen LogP contribution in [0.4, 0.5) is 10.1 Å². The molecule has 1 saturated heterocycles. The van der Waals surface area contributed by atoms with E-state index >= 15 is 0 Å². The quantitative estimate of drug-likeness (QED) is 0.855. The third-order valence-electron chi connectivity index (χ3n) is 4.05. The SMILES string of the molecule is N#Cc1ccc(S(=O)(=O)N2CCN(c3ccccc3F)CC2)cc1. The van der Waals surface area contributed by atoms with Crippen molar-refractivity contribution in [3.63, 3.8) is 0 Å². The number of para-hydroxylation sites is 1. The van der Waals surface area contributed by atoms with E-state index < -0.39 is 10.0 Å². The zero-order valence-electron chi connectivity index (χ0n) is 12.9. The van der Waals surface area contributed by atoms with Gasteiger partial charge in [-0.15, -0.1) is 0 Å². The molecule has 2 aromatic rings. The molecule has 0 bridgehead atoms. The predicted octanol–water partition coefficient (Wildman–Crippen LogP) is 2.21. The molecule has 1 aliphatic heterocycles. The first-order chi connectivity index (χ1) is 11.5. The monoisotopic (exact) mass is 345 g/mol. The minimum Gasteiger partial charge on any atom is -0.367 e. The van der Waals surface area contributed by atoms with Gasteiger partial charge in [0.2, 0.25) is 10.0 Å². The van der Waals surface area contributed by atoms with Crippen molar-refractivity contribution in [3.8, 4) is 6.07 Å². The molecule has 0 radical (unpaired) electrons. The van der Waals surface area contributed by atoms with Crippen LogP contribution in [0.3, 0.4) is 0 Å². The number of hydrogen-bond donors (Lipinski definition) is 0. The first kappa shape index (κ1) is 16.4. The highest BCUT2D eigenvalue weighted by molar-refractivity contribution is 7.89. The van der Waals surface area contributed by atoms with Crippen LogP contribution in [-0.4, -0.2) is 38.9 Å². The van der Waals surface area contributed by atoms with Crippen LogP contribution in [0.1, 0.15) is 5.56 Å². The van der Waals surface area contributed by atoms with Crippen LogP contribution in [0.2, 0.25) is 0 Å². The fourth-order valence-electron chi connectivity index (χ4n) is 2.73. The molecular formula is C17H16FN3O2S. The summed E-state index contributed by atoms with van der Waals surface area (Å²) in [4.78, 5) is 2.01. The topological polar surface area (TPSA) is 64.4 Å². The van der Waals surface area contributed by atoms with Crippen LogP contribution >= 0.6 is 0 Å². The number of nitriles is 1. The molecule has 2 aromatic carbocycles. The Bertz CT molecular complexity index is 867. The largest absolute Gasteiger partial charge is 0.367 e. The van der Waals surface area contributed by atoms with Gasteiger partial charge in [-0.05, 0) is 36.4 Å². The molecule has 0 unspecified atom stereocenters. The molecular weight excluding hydrogens is 329 g/mol. The zero-order chi connectivity index (χ0) is 17.2. The molecule has 0 spiro atoms.